The highest BCUT2D eigenvalue weighted by atomic mass is 16.3. The Morgan fingerprint density at radius 3 is 3.00 bits per heavy atom. The van der Waals surface area contributed by atoms with Gasteiger partial charge >= 0.3 is 0 Å². The molecule has 1 amide bonds. The smallest absolute Gasteiger partial charge is 0.225 e. The Balaban J connectivity index is 2.35. The first-order chi connectivity index (χ1) is 6.20. The molecule has 1 aliphatic rings. The first-order valence-electron chi connectivity index (χ1n) is 4.86. The summed E-state index contributed by atoms with van der Waals surface area (Å²) in [7, 11) is 0. The van der Waals surface area contributed by atoms with Crippen molar-refractivity contribution in [3.8, 4) is 0 Å². The van der Waals surface area contributed by atoms with Crippen molar-refractivity contribution in [1.29, 1.82) is 0 Å². The van der Waals surface area contributed by atoms with Gasteiger partial charge in [0.15, 0.2) is 0 Å². The van der Waals surface area contributed by atoms with Gasteiger partial charge in [0, 0.05) is 19.6 Å². The summed E-state index contributed by atoms with van der Waals surface area (Å²) in [6, 6.07) is 0. The fourth-order valence-corrected chi connectivity index (χ4v) is 1.48. The lowest BCUT2D eigenvalue weighted by Crippen LogP contribution is -2.35. The van der Waals surface area contributed by atoms with Gasteiger partial charge in [-0.05, 0) is 19.9 Å². The number of nitrogens with one attached hydrogen (secondary N) is 1. The van der Waals surface area contributed by atoms with Crippen molar-refractivity contribution in [2.45, 2.75) is 25.9 Å². The maximum atomic E-state index is 11.5. The van der Waals surface area contributed by atoms with Crippen LogP contribution in [0.25, 0.3) is 0 Å². The van der Waals surface area contributed by atoms with Crippen LogP contribution in [0.15, 0.2) is 0 Å². The molecule has 1 saturated heterocycles. The van der Waals surface area contributed by atoms with Gasteiger partial charge in [0.1, 0.15) is 0 Å². The summed E-state index contributed by atoms with van der Waals surface area (Å²) in [5.74, 6) is 0.0682. The van der Waals surface area contributed by atoms with Crippen molar-refractivity contribution in [2.75, 3.05) is 26.2 Å². The average molecular weight is 186 g/mol. The lowest BCUT2D eigenvalue weighted by atomic mass is 10.2. The molecule has 1 fully saturated rings. The molecule has 0 saturated carbocycles. The second-order valence-electron chi connectivity index (χ2n) is 3.54. The van der Waals surface area contributed by atoms with Crippen LogP contribution in [0.4, 0.5) is 0 Å². The maximum Gasteiger partial charge on any atom is 0.225 e. The van der Waals surface area contributed by atoms with Gasteiger partial charge in [0.25, 0.3) is 0 Å². The van der Waals surface area contributed by atoms with Crippen molar-refractivity contribution in [1.82, 2.24) is 10.2 Å². The number of aliphatic hydroxyl groups excluding tert-OH is 1. The fourth-order valence-electron chi connectivity index (χ4n) is 1.48. The molecule has 0 aromatic carbocycles. The molecule has 76 valence electrons. The highest BCUT2D eigenvalue weighted by Crippen LogP contribution is 2.01. The number of carbonyl (C=O) groups is 1. The predicted octanol–water partition coefficient (Wildman–Crippen LogP) is -0.421. The summed E-state index contributed by atoms with van der Waals surface area (Å²) in [6.45, 7) is 5.09. The molecule has 1 atom stereocenters. The molecule has 4 heteroatoms. The number of carbonyl (C=O) groups excluding carboxylic acids is 1. The topological polar surface area (TPSA) is 52.6 Å². The van der Waals surface area contributed by atoms with Crippen molar-refractivity contribution in [3.63, 3.8) is 0 Å². The van der Waals surface area contributed by atoms with Gasteiger partial charge in [0.2, 0.25) is 5.91 Å². The summed E-state index contributed by atoms with van der Waals surface area (Å²) >= 11 is 0. The SMILES string of the molecule is CC(O)CC(=O)N1CCCNCC1. The summed E-state index contributed by atoms with van der Waals surface area (Å²) in [4.78, 5) is 13.3. The van der Waals surface area contributed by atoms with Gasteiger partial charge < -0.3 is 15.3 Å². The van der Waals surface area contributed by atoms with Gasteiger partial charge in [-0.25, -0.2) is 0 Å². The third-order valence-electron chi connectivity index (χ3n) is 2.16. The Morgan fingerprint density at radius 2 is 2.31 bits per heavy atom. The van der Waals surface area contributed by atoms with Crippen LogP contribution in [0, 0.1) is 0 Å². The highest BCUT2D eigenvalue weighted by molar-refractivity contribution is 5.76. The summed E-state index contributed by atoms with van der Waals surface area (Å²) < 4.78 is 0. The van der Waals surface area contributed by atoms with Crippen LogP contribution >= 0.6 is 0 Å². The minimum absolute atomic E-state index is 0.0682. The Morgan fingerprint density at radius 1 is 1.54 bits per heavy atom. The number of rotatable bonds is 2. The molecule has 13 heavy (non-hydrogen) atoms. The van der Waals surface area contributed by atoms with Gasteiger partial charge in [0.05, 0.1) is 12.5 Å². The van der Waals surface area contributed by atoms with Gasteiger partial charge in [-0.15, -0.1) is 0 Å². The van der Waals surface area contributed by atoms with E-state index < -0.39 is 6.10 Å². The Hall–Kier alpha value is -0.610. The minimum atomic E-state index is -0.524. The largest absolute Gasteiger partial charge is 0.393 e. The molecule has 0 aromatic rings. The zero-order chi connectivity index (χ0) is 9.68. The van der Waals surface area contributed by atoms with Crippen molar-refractivity contribution < 1.29 is 9.90 Å². The van der Waals surface area contributed by atoms with E-state index in [0.29, 0.717) is 0 Å². The van der Waals surface area contributed by atoms with Crippen LogP contribution in [-0.4, -0.2) is 48.2 Å². The predicted molar refractivity (Wildman–Crippen MR) is 50.4 cm³/mol. The quantitative estimate of drug-likeness (QED) is 0.616. The Kier molecular flexibility index (Phi) is 4.18. The van der Waals surface area contributed by atoms with E-state index in [0.717, 1.165) is 32.6 Å². The molecule has 4 nitrogen and oxygen atoms in total. The number of nitrogens with zero attached hydrogens (tertiary/aromatic N) is 1. The van der Waals surface area contributed by atoms with E-state index in [4.69, 9.17) is 5.11 Å². The van der Waals surface area contributed by atoms with Crippen molar-refractivity contribution >= 4 is 5.91 Å². The van der Waals surface area contributed by atoms with Crippen LogP contribution < -0.4 is 5.32 Å². The number of amides is 1. The summed E-state index contributed by atoms with van der Waals surface area (Å²) in [5, 5.41) is 12.3. The molecule has 0 spiro atoms. The first kappa shape index (κ1) is 10.5. The zero-order valence-corrected chi connectivity index (χ0v) is 8.12. The minimum Gasteiger partial charge on any atom is -0.393 e. The van der Waals surface area contributed by atoms with E-state index in [1.165, 1.54) is 0 Å². The molecule has 1 rings (SSSR count). The number of hydrogen-bond acceptors (Lipinski definition) is 3. The molecule has 1 unspecified atom stereocenters. The van der Waals surface area contributed by atoms with Crippen LogP contribution in [-0.2, 0) is 4.79 Å². The average Bonchev–Trinajstić information content (AvgIpc) is 2.29. The molecule has 2 N–H and O–H groups in total. The molecular weight excluding hydrogens is 168 g/mol. The fraction of sp³-hybridized carbons (Fsp3) is 0.889. The third-order valence-corrected chi connectivity index (χ3v) is 2.16. The normalized spacial score (nSPS) is 20.9. The second-order valence-corrected chi connectivity index (χ2v) is 3.54. The lowest BCUT2D eigenvalue weighted by Gasteiger charge is -2.20. The van der Waals surface area contributed by atoms with Crippen LogP contribution in [0.5, 0.6) is 0 Å². The standard InChI is InChI=1S/C9H18N2O2/c1-8(12)7-9(13)11-5-2-3-10-4-6-11/h8,10,12H,2-7H2,1H3. The van der Waals surface area contributed by atoms with Crippen molar-refractivity contribution in [3.05, 3.63) is 0 Å². The molecule has 0 radical (unpaired) electrons. The second kappa shape index (κ2) is 5.19. The number of aliphatic hydroxyl groups is 1. The summed E-state index contributed by atoms with van der Waals surface area (Å²) in [6.07, 6.45) is 0.731. The van der Waals surface area contributed by atoms with E-state index in [1.54, 1.807) is 6.92 Å². The maximum absolute atomic E-state index is 11.5. The van der Waals surface area contributed by atoms with Gasteiger partial charge in [-0.3, -0.25) is 4.79 Å². The molecule has 0 aliphatic carbocycles. The molecule has 1 heterocycles. The van der Waals surface area contributed by atoms with E-state index in [1.807, 2.05) is 4.90 Å². The molecule has 0 bridgehead atoms. The van der Waals surface area contributed by atoms with Gasteiger partial charge in [-0.2, -0.15) is 0 Å². The van der Waals surface area contributed by atoms with Crippen LogP contribution in [0.3, 0.4) is 0 Å². The molecular formula is C9H18N2O2. The Bertz CT molecular complexity index is 163. The van der Waals surface area contributed by atoms with Crippen LogP contribution in [0.2, 0.25) is 0 Å². The summed E-state index contributed by atoms with van der Waals surface area (Å²) in [5.41, 5.74) is 0. The van der Waals surface area contributed by atoms with E-state index in [9.17, 15) is 4.79 Å². The van der Waals surface area contributed by atoms with Crippen LogP contribution in [0.1, 0.15) is 19.8 Å². The van der Waals surface area contributed by atoms with Gasteiger partial charge in [-0.1, -0.05) is 0 Å². The molecule has 0 aromatic heterocycles. The van der Waals surface area contributed by atoms with E-state index in [2.05, 4.69) is 5.32 Å². The Labute approximate surface area is 78.9 Å². The van der Waals surface area contributed by atoms with E-state index in [-0.39, 0.29) is 12.3 Å². The third kappa shape index (κ3) is 3.74. The van der Waals surface area contributed by atoms with E-state index >= 15 is 0 Å². The zero-order valence-electron chi connectivity index (χ0n) is 8.12. The van der Waals surface area contributed by atoms with Crippen molar-refractivity contribution in [2.24, 2.45) is 0 Å². The lowest BCUT2D eigenvalue weighted by molar-refractivity contribution is -0.132. The monoisotopic (exact) mass is 186 g/mol. The first-order valence-corrected chi connectivity index (χ1v) is 4.86. The highest BCUT2D eigenvalue weighted by Gasteiger charge is 2.16. The number of hydrogen-bond donors (Lipinski definition) is 2. The molecule has 1 aliphatic heterocycles.